The Hall–Kier alpha value is -11.8. The van der Waals surface area contributed by atoms with Crippen LogP contribution in [-0.4, -0.2) is 146 Å². The third-order valence-electron chi connectivity index (χ3n) is 22.2. The molecule has 23 heteroatoms. The number of carbonyl (C=O) groups excluding carboxylic acids is 4. The molecule has 0 spiro atoms. The van der Waals surface area contributed by atoms with Crippen LogP contribution in [0.25, 0.3) is 21.8 Å². The molecule has 4 fully saturated rings. The van der Waals surface area contributed by atoms with Crippen molar-refractivity contribution in [1.29, 1.82) is 5.26 Å². The molecule has 18 rings (SSSR count). The van der Waals surface area contributed by atoms with Gasteiger partial charge >= 0.3 is 0 Å². The Morgan fingerprint density at radius 1 is 0.398 bits per heavy atom. The van der Waals surface area contributed by atoms with E-state index in [2.05, 4.69) is 29.9 Å². The molecule has 4 aromatic heterocycles. The number of amidine groups is 4. The van der Waals surface area contributed by atoms with E-state index in [9.17, 15) is 49.8 Å². The molecule has 8 aliphatic rings. The zero-order valence-electron chi connectivity index (χ0n) is 61.5. The maximum absolute atomic E-state index is 13.2. The van der Waals surface area contributed by atoms with Gasteiger partial charge in [-0.05, 0) is 234 Å². The number of rotatable bonds is 6. The molecule has 8 aliphatic heterocycles. The predicted octanol–water partition coefficient (Wildman–Crippen LogP) is 12.0. The van der Waals surface area contributed by atoms with E-state index in [1.165, 1.54) is 0 Å². The number of aliphatic imine (C=N–C) groups is 4. The Morgan fingerprint density at radius 3 is 1.28 bits per heavy atom. The van der Waals surface area contributed by atoms with Gasteiger partial charge in [-0.15, -0.1) is 0 Å². The van der Waals surface area contributed by atoms with Crippen molar-refractivity contribution in [2.75, 3.05) is 45.8 Å². The van der Waals surface area contributed by atoms with Crippen LogP contribution in [0.5, 0.6) is 0 Å². The summed E-state index contributed by atoms with van der Waals surface area (Å²) in [7, 11) is 0. The molecule has 23 nitrogen and oxygen atoms in total. The molecule has 0 amide bonds. The van der Waals surface area contributed by atoms with E-state index in [4.69, 9.17) is 15.2 Å². The molecular formula is C85H79N13O10. The Kier molecular flexibility index (Phi) is 17.9. The van der Waals surface area contributed by atoms with E-state index >= 15 is 0 Å². The van der Waals surface area contributed by atoms with Crippen LogP contribution in [0.2, 0.25) is 0 Å². The Labute approximate surface area is 623 Å². The average Bonchev–Trinajstić information content (AvgIpc) is 1.52. The standard InChI is InChI=1S/C23H21N3O3.C22H19N3O2.C20H18N4O2.C20H21N3O3/c1-13-7-18-20(8-14(13)2)25-22-23(29,21(18)28)5-6-26(22)17-3-4-19-16(10-17)9-15(12-27)11-24-19;1-13-10-14(2)19-18(11-13)24-21-22(27,20(19)26)7-9-25(21)16-5-6-17-15(12-16)4-3-8-23-17;1-11-7-15-16(8-12(11)2)23-19-20(26,18(15)25)4-5-24(19)14-6-13(3)17(9-21)22-10-14;1-11-7-15-16(8-12(11)2)22-19-20(26,18(15)25)4-5-23(19)14-6-13(3)17(10-24)21-9-14/h3-4,7-11,27,29H,5-6,12H2,1-2H3;3-6,8,10-12,27H,7,9H2,1-2H3;6-8,10,26H,4-5H2,1-3H3;6-9,24,26H,4-5,10H2,1-3H3/t23-;22-;2*20-/m1111/s1. The van der Waals surface area contributed by atoms with Gasteiger partial charge in [0.25, 0.3) is 0 Å². The SMILES string of the molecule is Cc1cc(C)c2c(c1)N=C1N(c3ccc4ncccc4c3)CC[C@@]1(O)C2=O.Cc1cc2c(cc1C)C(=O)[C@]1(O)CCN(c3ccc4ncc(CO)cc4c3)C1=N2.Cc1cc2c(cc1C)C(=O)[C@]1(O)CCN(c3cnc(C#N)c(C)c3)C1=N2.Cc1cc2c(cc1C)C(=O)[C@]1(O)CCN(c3cnc(CO)c(C)c3)C1=N2. The van der Waals surface area contributed by atoms with Crippen LogP contribution in [0.3, 0.4) is 0 Å². The third kappa shape index (κ3) is 11.9. The summed E-state index contributed by atoms with van der Waals surface area (Å²) in [4.78, 5) is 95.8. The molecule has 0 bridgehead atoms. The largest absolute Gasteiger partial charge is 0.392 e. The fourth-order valence-corrected chi connectivity index (χ4v) is 15.6. The quantitative estimate of drug-likeness (QED) is 0.0901. The lowest BCUT2D eigenvalue weighted by molar-refractivity contribution is 0.0599. The van der Waals surface area contributed by atoms with Gasteiger partial charge in [0, 0.05) is 109 Å². The Balaban J connectivity index is 0.000000115. The van der Waals surface area contributed by atoms with Crippen LogP contribution in [-0.2, 0) is 13.2 Å². The molecule has 0 saturated carbocycles. The second kappa shape index (κ2) is 26.9. The first-order chi connectivity index (χ1) is 51.6. The van der Waals surface area contributed by atoms with Crippen LogP contribution < -0.4 is 19.6 Å². The summed E-state index contributed by atoms with van der Waals surface area (Å²) in [6.07, 6.45) is 7.84. The Morgan fingerprint density at radius 2 is 0.824 bits per heavy atom. The molecule has 4 saturated heterocycles. The summed E-state index contributed by atoms with van der Waals surface area (Å²) in [6.45, 7) is 21.1. The number of fused-ring (bicyclic) bond motifs is 10. The summed E-state index contributed by atoms with van der Waals surface area (Å²) in [5.41, 5.74) is 14.4. The van der Waals surface area contributed by atoms with E-state index in [1.54, 1.807) is 30.9 Å². The molecule has 6 aromatic carbocycles. The summed E-state index contributed by atoms with van der Waals surface area (Å²) in [6, 6.07) is 38.3. The summed E-state index contributed by atoms with van der Waals surface area (Å²) >= 11 is 0. The maximum Gasteiger partial charge on any atom is 0.204 e. The highest BCUT2D eigenvalue weighted by Crippen LogP contribution is 2.46. The summed E-state index contributed by atoms with van der Waals surface area (Å²) in [5, 5.41) is 74.3. The first kappa shape index (κ1) is 71.8. The minimum atomic E-state index is -1.61. The normalized spacial score (nSPS) is 21.1. The third-order valence-corrected chi connectivity index (χ3v) is 22.2. The Bertz CT molecular complexity index is 5760. The number of aliphatic hydroxyl groups excluding tert-OH is 2. The number of aliphatic hydroxyl groups is 6. The van der Waals surface area contributed by atoms with Crippen LogP contribution in [0.15, 0.2) is 160 Å². The van der Waals surface area contributed by atoms with Crippen molar-refractivity contribution in [2.45, 2.75) is 131 Å². The highest BCUT2D eigenvalue weighted by atomic mass is 16.3. The number of aryl methyl sites for hydroxylation is 10. The van der Waals surface area contributed by atoms with Crippen molar-refractivity contribution in [2.24, 2.45) is 20.0 Å². The highest BCUT2D eigenvalue weighted by molar-refractivity contribution is 6.32. The molecular weight excluding hydrogens is 1360 g/mol. The smallest absolute Gasteiger partial charge is 0.204 e. The number of Topliss-reactive ketones (excluding diaryl/α,β-unsaturated/α-hetero) is 4. The molecule has 0 radical (unpaired) electrons. The van der Waals surface area contributed by atoms with Crippen LogP contribution in [0.4, 0.5) is 45.5 Å². The molecule has 0 unspecified atom stereocenters. The summed E-state index contributed by atoms with van der Waals surface area (Å²) < 4.78 is 0. The molecule has 108 heavy (non-hydrogen) atoms. The maximum atomic E-state index is 13.2. The first-order valence-corrected chi connectivity index (χ1v) is 35.9. The van der Waals surface area contributed by atoms with Crippen molar-refractivity contribution in [3.05, 3.63) is 235 Å². The minimum absolute atomic E-state index is 0.0760. The van der Waals surface area contributed by atoms with Gasteiger partial charge in [-0.2, -0.15) is 5.26 Å². The zero-order chi connectivity index (χ0) is 76.4. The molecule has 10 aromatic rings. The highest BCUT2D eigenvalue weighted by Gasteiger charge is 2.56. The monoisotopic (exact) mass is 1440 g/mol. The van der Waals surface area contributed by atoms with Crippen LogP contribution in [0, 0.1) is 80.6 Å². The van der Waals surface area contributed by atoms with Gasteiger partial charge < -0.3 is 50.2 Å². The minimum Gasteiger partial charge on any atom is -0.392 e. The van der Waals surface area contributed by atoms with Gasteiger partial charge in [0.05, 0.1) is 76.5 Å². The van der Waals surface area contributed by atoms with Gasteiger partial charge in [0.1, 0.15) is 35.1 Å². The predicted molar refractivity (Wildman–Crippen MR) is 415 cm³/mol. The lowest BCUT2D eigenvalue weighted by atomic mass is 9.85. The molecule has 544 valence electrons. The number of benzene rings is 6. The fourth-order valence-electron chi connectivity index (χ4n) is 15.6. The first-order valence-electron chi connectivity index (χ1n) is 35.9. The molecule has 0 aliphatic carbocycles. The van der Waals surface area contributed by atoms with Crippen molar-refractivity contribution < 1.29 is 49.8 Å². The number of ketones is 4. The van der Waals surface area contributed by atoms with Gasteiger partial charge in [-0.1, -0.05) is 12.1 Å². The van der Waals surface area contributed by atoms with E-state index in [0.29, 0.717) is 119 Å². The fraction of sp³-hybridized carbons (Fsp3) is 0.282. The van der Waals surface area contributed by atoms with Crippen LogP contribution >= 0.6 is 0 Å². The number of aromatic nitrogens is 4. The molecule has 12 heterocycles. The number of pyridine rings is 4. The van der Waals surface area contributed by atoms with Crippen LogP contribution in [0.1, 0.15) is 140 Å². The number of nitrogens with zero attached hydrogens (tertiary/aromatic N) is 13. The number of hydrogen-bond acceptors (Lipinski definition) is 23. The summed E-state index contributed by atoms with van der Waals surface area (Å²) in [5.74, 6) is 0.372. The van der Waals surface area contributed by atoms with E-state index < -0.39 is 22.4 Å². The van der Waals surface area contributed by atoms with E-state index in [0.717, 1.165) is 106 Å². The molecule has 6 N–H and O–H groups in total. The van der Waals surface area contributed by atoms with Crippen molar-refractivity contribution in [3.8, 4) is 6.07 Å². The van der Waals surface area contributed by atoms with Gasteiger partial charge in [0.2, 0.25) is 23.1 Å². The number of hydrogen-bond donors (Lipinski definition) is 6. The van der Waals surface area contributed by atoms with Crippen molar-refractivity contribution in [3.63, 3.8) is 0 Å². The zero-order valence-corrected chi connectivity index (χ0v) is 61.5. The lowest BCUT2D eigenvalue weighted by Crippen LogP contribution is -2.49. The number of anilines is 4. The van der Waals surface area contributed by atoms with E-state index in [-0.39, 0.29) is 49.2 Å². The lowest BCUT2D eigenvalue weighted by Gasteiger charge is -2.30. The van der Waals surface area contributed by atoms with Crippen molar-refractivity contribution in [1.82, 2.24) is 19.9 Å². The van der Waals surface area contributed by atoms with E-state index in [1.807, 2.05) is 204 Å². The van der Waals surface area contributed by atoms with Gasteiger partial charge in [-0.25, -0.2) is 25.0 Å². The molecule has 4 atom stereocenters. The second-order valence-corrected chi connectivity index (χ2v) is 29.3. The van der Waals surface area contributed by atoms with Gasteiger partial charge in [-0.3, -0.25) is 34.1 Å². The second-order valence-electron chi connectivity index (χ2n) is 29.3. The average molecular weight is 1440 g/mol. The number of carbonyl (C=O) groups is 4. The van der Waals surface area contributed by atoms with Crippen molar-refractivity contribution >= 4 is 114 Å². The topological polar surface area (TPSA) is 327 Å². The van der Waals surface area contributed by atoms with Gasteiger partial charge in [0.15, 0.2) is 22.4 Å². The number of nitriles is 1.